The van der Waals surface area contributed by atoms with E-state index in [1.807, 2.05) is 43.2 Å². The summed E-state index contributed by atoms with van der Waals surface area (Å²) in [6.45, 7) is 7.91. The van der Waals surface area contributed by atoms with Crippen molar-refractivity contribution >= 4 is 29.2 Å². The topological polar surface area (TPSA) is 93.3 Å². The van der Waals surface area contributed by atoms with Crippen molar-refractivity contribution in [3.63, 3.8) is 0 Å². The molecule has 0 saturated carbocycles. The minimum atomic E-state index is -1.06. The number of carbonyl (C=O) groups excluding carboxylic acids is 2. The highest BCUT2D eigenvalue weighted by molar-refractivity contribution is 6.34. The van der Waals surface area contributed by atoms with Gasteiger partial charge in [-0.25, -0.2) is 9.18 Å². The normalized spacial score (nSPS) is 23.8. The van der Waals surface area contributed by atoms with Crippen molar-refractivity contribution in [1.82, 2.24) is 30.3 Å². The first kappa shape index (κ1) is 30.4. The number of allylic oxidation sites excluding steroid dienone is 1. The lowest BCUT2D eigenvalue weighted by Gasteiger charge is -2.46. The van der Waals surface area contributed by atoms with Gasteiger partial charge in [-0.05, 0) is 62.7 Å². The smallest absolute Gasteiger partial charge is 0.324 e. The van der Waals surface area contributed by atoms with Crippen molar-refractivity contribution in [2.75, 3.05) is 57.8 Å². The fourth-order valence-electron chi connectivity index (χ4n) is 6.69. The molecular formula is C32H39ClFN7O3. The Morgan fingerprint density at radius 1 is 1.20 bits per heavy atom. The molecule has 4 aliphatic rings. The Labute approximate surface area is 262 Å². The molecule has 5 heterocycles. The molecule has 10 nitrogen and oxygen atoms in total. The second-order valence-corrected chi connectivity index (χ2v) is 12.2. The number of nitrogens with zero attached hydrogens (tertiary/aromatic N) is 5. The van der Waals surface area contributed by atoms with Crippen LogP contribution >= 0.6 is 11.6 Å². The molecule has 0 spiro atoms. The average Bonchev–Trinajstić information content (AvgIpc) is 3.44. The molecule has 1 aromatic heterocycles. The predicted octanol–water partition coefficient (Wildman–Crippen LogP) is 3.44. The zero-order valence-electron chi connectivity index (χ0n) is 25.4. The SMILES string of the molecule is CCOC1(c2cccnc2)C=CC(N2CCN(C(=O)N3CCc4cc(F)cc(Cl)c43)C[C@H]2CC)=C(C(=O)NC2CN(C)C2)N1. The Bertz CT molecular complexity index is 1480. The van der Waals surface area contributed by atoms with Crippen molar-refractivity contribution in [2.45, 2.75) is 44.5 Å². The third-order valence-corrected chi connectivity index (χ3v) is 9.17. The Hall–Kier alpha value is -3.67. The maximum atomic E-state index is 13.9. The molecule has 2 fully saturated rings. The van der Waals surface area contributed by atoms with Gasteiger partial charge in [0.25, 0.3) is 5.91 Å². The first-order valence-electron chi connectivity index (χ1n) is 15.3. The van der Waals surface area contributed by atoms with Gasteiger partial charge in [-0.2, -0.15) is 0 Å². The van der Waals surface area contributed by atoms with Crippen molar-refractivity contribution < 1.29 is 18.7 Å². The summed E-state index contributed by atoms with van der Waals surface area (Å²) in [5, 5.41) is 6.91. The zero-order chi connectivity index (χ0) is 31.0. The standard InChI is InChI=1S/C32H39ClFN7O3/c1-4-25-20-39(31(43)41-12-9-21-15-23(34)16-26(33)29(21)41)13-14-40(25)27-8-10-32(44-5-2,22-7-6-11-35-17-22)37-28(27)30(42)36-24-18-38(3)19-24/h6-8,10-11,15-17,24-25,37H,4-5,9,12-14,18-20H2,1-3H3,(H,36,42)/t25-,32?/m1/s1. The molecule has 2 N–H and O–H groups in total. The molecule has 0 aliphatic carbocycles. The van der Waals surface area contributed by atoms with E-state index in [2.05, 4.69) is 32.3 Å². The van der Waals surface area contributed by atoms with Gasteiger partial charge in [0.05, 0.1) is 22.4 Å². The van der Waals surface area contributed by atoms with Crippen LogP contribution in [0.3, 0.4) is 0 Å². The average molecular weight is 624 g/mol. The number of anilines is 1. The number of likely N-dealkylation sites (N-methyl/N-ethyl adjacent to an activating group) is 1. The summed E-state index contributed by atoms with van der Waals surface area (Å²) in [5.41, 5.74) is 2.27. The lowest BCUT2D eigenvalue weighted by molar-refractivity contribution is -0.121. The van der Waals surface area contributed by atoms with Gasteiger partial charge in [0.2, 0.25) is 0 Å². The number of fused-ring (bicyclic) bond motifs is 1. The number of hydrogen-bond donors (Lipinski definition) is 2. The fraction of sp³-hybridized carbons (Fsp3) is 0.469. The molecule has 2 saturated heterocycles. The number of halogens is 2. The maximum absolute atomic E-state index is 13.9. The number of nitrogens with one attached hydrogen (secondary N) is 2. The summed E-state index contributed by atoms with van der Waals surface area (Å²) >= 11 is 6.39. The lowest BCUT2D eigenvalue weighted by atomic mass is 9.97. The fourth-order valence-corrected chi connectivity index (χ4v) is 7.02. The summed E-state index contributed by atoms with van der Waals surface area (Å²) < 4.78 is 20.2. The maximum Gasteiger partial charge on any atom is 0.324 e. The zero-order valence-corrected chi connectivity index (χ0v) is 26.1. The van der Waals surface area contributed by atoms with Gasteiger partial charge in [0.1, 0.15) is 11.5 Å². The number of hydrogen-bond acceptors (Lipinski definition) is 7. The largest absolute Gasteiger partial charge is 0.363 e. The Balaban J connectivity index is 1.27. The molecule has 234 valence electrons. The summed E-state index contributed by atoms with van der Waals surface area (Å²) in [6.07, 6.45) is 8.68. The summed E-state index contributed by atoms with van der Waals surface area (Å²) in [4.78, 5) is 39.8. The van der Waals surface area contributed by atoms with Crippen LogP contribution in [0.15, 0.2) is 60.2 Å². The molecule has 1 unspecified atom stereocenters. The first-order valence-corrected chi connectivity index (χ1v) is 15.7. The van der Waals surface area contributed by atoms with Crippen LogP contribution in [0.1, 0.15) is 31.4 Å². The third-order valence-electron chi connectivity index (χ3n) is 8.88. The second kappa shape index (κ2) is 12.4. The van der Waals surface area contributed by atoms with Gasteiger partial charge >= 0.3 is 6.03 Å². The van der Waals surface area contributed by atoms with Gasteiger partial charge in [0, 0.05) is 69.9 Å². The highest BCUT2D eigenvalue weighted by Crippen LogP contribution is 2.38. The van der Waals surface area contributed by atoms with E-state index in [-0.39, 0.29) is 29.0 Å². The van der Waals surface area contributed by atoms with Gasteiger partial charge in [-0.3, -0.25) is 14.7 Å². The second-order valence-electron chi connectivity index (χ2n) is 11.8. The number of likely N-dealkylation sites (tertiary alicyclic amines) is 1. The van der Waals surface area contributed by atoms with Crippen molar-refractivity contribution in [3.05, 3.63) is 82.2 Å². The molecule has 1 aromatic carbocycles. The summed E-state index contributed by atoms with van der Waals surface area (Å²) in [6, 6.07) is 6.37. The van der Waals surface area contributed by atoms with Crippen LogP contribution in [0.2, 0.25) is 5.02 Å². The van der Waals surface area contributed by atoms with Crippen LogP contribution in [0.25, 0.3) is 0 Å². The van der Waals surface area contributed by atoms with Crippen molar-refractivity contribution in [2.24, 2.45) is 0 Å². The highest BCUT2D eigenvalue weighted by atomic mass is 35.5. The molecule has 0 radical (unpaired) electrons. The van der Waals surface area contributed by atoms with Gasteiger partial charge in [-0.15, -0.1) is 0 Å². The van der Waals surface area contributed by atoms with Crippen LogP contribution in [-0.2, 0) is 21.7 Å². The molecule has 0 bridgehead atoms. The van der Waals surface area contributed by atoms with Crippen LogP contribution in [0.5, 0.6) is 0 Å². The van der Waals surface area contributed by atoms with E-state index in [0.717, 1.165) is 36.3 Å². The van der Waals surface area contributed by atoms with Crippen LogP contribution in [0, 0.1) is 5.82 Å². The van der Waals surface area contributed by atoms with Crippen molar-refractivity contribution in [1.29, 1.82) is 0 Å². The number of dihydropyridines is 1. The van der Waals surface area contributed by atoms with Crippen LogP contribution < -0.4 is 15.5 Å². The first-order chi connectivity index (χ1) is 21.2. The number of ether oxygens (including phenoxy) is 1. The van der Waals surface area contributed by atoms with Gasteiger partial charge < -0.3 is 30.1 Å². The molecule has 44 heavy (non-hydrogen) atoms. The minimum Gasteiger partial charge on any atom is -0.363 e. The van der Waals surface area contributed by atoms with E-state index in [1.54, 1.807) is 17.3 Å². The Kier molecular flexibility index (Phi) is 8.54. The molecule has 2 atom stereocenters. The predicted molar refractivity (Wildman–Crippen MR) is 166 cm³/mol. The molecule has 2 aromatic rings. The number of amides is 3. The van der Waals surface area contributed by atoms with Crippen LogP contribution in [-0.4, -0.2) is 96.6 Å². The number of piperazine rings is 1. The monoisotopic (exact) mass is 623 g/mol. The number of pyridine rings is 1. The highest BCUT2D eigenvalue weighted by Gasteiger charge is 2.41. The van der Waals surface area contributed by atoms with E-state index < -0.39 is 11.5 Å². The number of rotatable bonds is 7. The summed E-state index contributed by atoms with van der Waals surface area (Å²) in [7, 11) is 2.02. The Morgan fingerprint density at radius 3 is 2.73 bits per heavy atom. The Morgan fingerprint density at radius 2 is 2.02 bits per heavy atom. The molecular weight excluding hydrogens is 585 g/mol. The molecule has 3 amide bonds. The molecule has 6 rings (SSSR count). The van der Waals surface area contributed by atoms with Gasteiger partial charge in [0.15, 0.2) is 5.72 Å². The van der Waals surface area contributed by atoms with E-state index in [0.29, 0.717) is 50.6 Å². The molecule has 4 aliphatic heterocycles. The number of carbonyl (C=O) groups is 2. The van der Waals surface area contributed by atoms with E-state index in [1.165, 1.54) is 12.1 Å². The van der Waals surface area contributed by atoms with E-state index in [4.69, 9.17) is 16.3 Å². The van der Waals surface area contributed by atoms with Gasteiger partial charge in [-0.1, -0.05) is 24.6 Å². The minimum absolute atomic E-state index is 0.0458. The van der Waals surface area contributed by atoms with Crippen LogP contribution in [0.4, 0.5) is 14.9 Å². The van der Waals surface area contributed by atoms with E-state index >= 15 is 0 Å². The van der Waals surface area contributed by atoms with Crippen molar-refractivity contribution in [3.8, 4) is 0 Å². The third kappa shape index (κ3) is 5.64. The number of urea groups is 1. The lowest BCUT2D eigenvalue weighted by Crippen LogP contribution is -2.60. The number of benzene rings is 1. The summed E-state index contributed by atoms with van der Waals surface area (Å²) in [5.74, 6) is -0.592. The quantitative estimate of drug-likeness (QED) is 0.488. The van der Waals surface area contributed by atoms with E-state index in [9.17, 15) is 14.0 Å². The number of aromatic nitrogens is 1. The molecule has 12 heteroatoms.